The maximum absolute atomic E-state index is 12.4. The van der Waals surface area contributed by atoms with Crippen LogP contribution in [0.4, 0.5) is 13.2 Å². The number of nitrogens with one attached hydrogen (secondary N) is 1. The van der Waals surface area contributed by atoms with Gasteiger partial charge in [0.15, 0.2) is 0 Å². The fraction of sp³-hybridized carbons (Fsp3) is 0.700. The van der Waals surface area contributed by atoms with Crippen LogP contribution in [0.25, 0.3) is 0 Å². The van der Waals surface area contributed by atoms with Crippen molar-refractivity contribution < 1.29 is 13.2 Å². The standard InChI is InChI=1S/C10H16F3N3.ClH/c1-3-4-5-14-7-8-6-9(10(11,12)13)16(2)15-8;/h6,14H,3-5,7H2,1-2H3;1H. The number of nitrogens with zero attached hydrogens (tertiary/aromatic N) is 2. The third kappa shape index (κ3) is 4.95. The van der Waals surface area contributed by atoms with Gasteiger partial charge in [0.25, 0.3) is 0 Å². The molecule has 0 fully saturated rings. The predicted octanol–water partition coefficient (Wildman–Crippen LogP) is 2.75. The highest BCUT2D eigenvalue weighted by Crippen LogP contribution is 2.29. The largest absolute Gasteiger partial charge is 0.433 e. The van der Waals surface area contributed by atoms with E-state index in [1.807, 2.05) is 0 Å². The van der Waals surface area contributed by atoms with Gasteiger partial charge < -0.3 is 5.32 Å². The van der Waals surface area contributed by atoms with Crippen molar-refractivity contribution in [3.63, 3.8) is 0 Å². The van der Waals surface area contributed by atoms with Crippen LogP contribution in [0.5, 0.6) is 0 Å². The normalized spacial score (nSPS) is 11.4. The smallest absolute Gasteiger partial charge is 0.311 e. The van der Waals surface area contributed by atoms with Crippen LogP contribution >= 0.6 is 12.4 Å². The summed E-state index contributed by atoms with van der Waals surface area (Å²) in [7, 11) is 1.30. The Balaban J connectivity index is 0.00000256. The topological polar surface area (TPSA) is 29.9 Å². The second kappa shape index (κ2) is 6.86. The zero-order valence-corrected chi connectivity index (χ0v) is 10.7. The van der Waals surface area contributed by atoms with Gasteiger partial charge in [-0.2, -0.15) is 18.3 Å². The Hall–Kier alpha value is -0.750. The maximum atomic E-state index is 12.4. The van der Waals surface area contributed by atoms with Crippen LogP contribution < -0.4 is 5.32 Å². The number of aromatic nitrogens is 2. The average molecular weight is 272 g/mol. The predicted molar refractivity (Wildman–Crippen MR) is 62.1 cm³/mol. The molecule has 0 atom stereocenters. The number of hydrogen-bond acceptors (Lipinski definition) is 2. The third-order valence-corrected chi connectivity index (χ3v) is 2.23. The van der Waals surface area contributed by atoms with E-state index in [1.54, 1.807) is 0 Å². The van der Waals surface area contributed by atoms with Gasteiger partial charge in [-0.1, -0.05) is 13.3 Å². The van der Waals surface area contributed by atoms with E-state index in [1.165, 1.54) is 7.05 Å². The summed E-state index contributed by atoms with van der Waals surface area (Å²) < 4.78 is 38.1. The first kappa shape index (κ1) is 16.2. The number of rotatable bonds is 5. The van der Waals surface area contributed by atoms with Crippen molar-refractivity contribution in [3.8, 4) is 0 Å². The first-order valence-electron chi connectivity index (χ1n) is 5.26. The molecule has 3 nitrogen and oxygen atoms in total. The Morgan fingerprint density at radius 3 is 2.53 bits per heavy atom. The molecule has 1 heterocycles. The summed E-state index contributed by atoms with van der Waals surface area (Å²) in [4.78, 5) is 0. The summed E-state index contributed by atoms with van der Waals surface area (Å²) in [6, 6.07) is 1.08. The van der Waals surface area contributed by atoms with Crippen molar-refractivity contribution in [2.75, 3.05) is 6.54 Å². The summed E-state index contributed by atoms with van der Waals surface area (Å²) in [6.45, 7) is 3.24. The van der Waals surface area contributed by atoms with Gasteiger partial charge in [-0.05, 0) is 19.0 Å². The Morgan fingerprint density at radius 2 is 2.06 bits per heavy atom. The van der Waals surface area contributed by atoms with Crippen LogP contribution in [-0.2, 0) is 19.8 Å². The Morgan fingerprint density at radius 1 is 1.41 bits per heavy atom. The minimum absolute atomic E-state index is 0. The lowest BCUT2D eigenvalue weighted by Crippen LogP contribution is -2.14. The molecule has 0 aliphatic heterocycles. The summed E-state index contributed by atoms with van der Waals surface area (Å²) in [5.41, 5.74) is -0.286. The van der Waals surface area contributed by atoms with Gasteiger partial charge in [-0.15, -0.1) is 12.4 Å². The second-order valence-electron chi connectivity index (χ2n) is 3.67. The van der Waals surface area contributed by atoms with Crippen LogP contribution in [0.15, 0.2) is 6.07 Å². The molecule has 100 valence electrons. The van der Waals surface area contributed by atoms with E-state index in [2.05, 4.69) is 17.3 Å². The molecule has 0 aliphatic rings. The first-order chi connectivity index (χ1) is 7.45. The lowest BCUT2D eigenvalue weighted by atomic mass is 10.3. The van der Waals surface area contributed by atoms with E-state index in [9.17, 15) is 13.2 Å². The number of hydrogen-bond donors (Lipinski definition) is 1. The van der Waals surface area contributed by atoms with E-state index in [0.29, 0.717) is 12.2 Å². The molecule has 0 saturated heterocycles. The third-order valence-electron chi connectivity index (χ3n) is 2.23. The summed E-state index contributed by atoms with van der Waals surface area (Å²) >= 11 is 0. The highest BCUT2D eigenvalue weighted by molar-refractivity contribution is 5.85. The van der Waals surface area contributed by atoms with Crippen molar-refractivity contribution >= 4 is 12.4 Å². The Kier molecular flexibility index (Phi) is 6.56. The number of alkyl halides is 3. The number of aryl methyl sites for hydroxylation is 1. The zero-order chi connectivity index (χ0) is 12.2. The first-order valence-corrected chi connectivity index (χ1v) is 5.26. The van der Waals surface area contributed by atoms with Crippen molar-refractivity contribution in [1.82, 2.24) is 15.1 Å². The molecular weight excluding hydrogens is 255 g/mol. The van der Waals surface area contributed by atoms with E-state index in [-0.39, 0.29) is 12.4 Å². The molecule has 7 heteroatoms. The second-order valence-corrected chi connectivity index (χ2v) is 3.67. The average Bonchev–Trinajstić information content (AvgIpc) is 2.54. The highest BCUT2D eigenvalue weighted by Gasteiger charge is 2.34. The van der Waals surface area contributed by atoms with Gasteiger partial charge in [0.1, 0.15) is 5.69 Å². The molecule has 0 radical (unpaired) electrons. The molecule has 0 spiro atoms. The zero-order valence-electron chi connectivity index (χ0n) is 9.84. The lowest BCUT2D eigenvalue weighted by molar-refractivity contribution is -0.143. The molecule has 1 N–H and O–H groups in total. The maximum Gasteiger partial charge on any atom is 0.433 e. The molecule has 0 aromatic carbocycles. The van der Waals surface area contributed by atoms with Crippen LogP contribution in [-0.4, -0.2) is 16.3 Å². The number of unbranched alkanes of at least 4 members (excludes halogenated alkanes) is 1. The lowest BCUT2D eigenvalue weighted by Gasteiger charge is -2.04. The molecule has 17 heavy (non-hydrogen) atoms. The fourth-order valence-electron chi connectivity index (χ4n) is 1.40. The quantitative estimate of drug-likeness (QED) is 0.835. The number of halogens is 4. The highest BCUT2D eigenvalue weighted by atomic mass is 35.5. The van der Waals surface area contributed by atoms with Gasteiger partial charge in [-0.3, -0.25) is 4.68 Å². The van der Waals surface area contributed by atoms with Gasteiger partial charge in [0.2, 0.25) is 0 Å². The van der Waals surface area contributed by atoms with Crippen molar-refractivity contribution in [1.29, 1.82) is 0 Å². The van der Waals surface area contributed by atoms with Crippen molar-refractivity contribution in [2.24, 2.45) is 7.05 Å². The van der Waals surface area contributed by atoms with Crippen LogP contribution in [0.2, 0.25) is 0 Å². The summed E-state index contributed by atoms with van der Waals surface area (Å²) in [5, 5.41) is 6.86. The van der Waals surface area contributed by atoms with E-state index in [0.717, 1.165) is 30.1 Å². The molecule has 0 saturated carbocycles. The van der Waals surface area contributed by atoms with Crippen molar-refractivity contribution in [2.45, 2.75) is 32.5 Å². The van der Waals surface area contributed by atoms with Gasteiger partial charge >= 0.3 is 6.18 Å². The molecule has 1 aromatic rings. The molecule has 0 aliphatic carbocycles. The van der Waals surface area contributed by atoms with Crippen LogP contribution in [0, 0.1) is 0 Å². The Labute approximate surface area is 105 Å². The molecule has 0 bridgehead atoms. The monoisotopic (exact) mass is 271 g/mol. The fourth-order valence-corrected chi connectivity index (χ4v) is 1.40. The van der Waals surface area contributed by atoms with Crippen LogP contribution in [0.3, 0.4) is 0 Å². The summed E-state index contributed by atoms with van der Waals surface area (Å²) in [6.07, 6.45) is -2.26. The minimum Gasteiger partial charge on any atom is -0.311 e. The molecule has 1 rings (SSSR count). The van der Waals surface area contributed by atoms with E-state index in [4.69, 9.17) is 0 Å². The van der Waals surface area contributed by atoms with Crippen molar-refractivity contribution in [3.05, 3.63) is 17.5 Å². The van der Waals surface area contributed by atoms with Gasteiger partial charge in [-0.25, -0.2) is 0 Å². The molecule has 0 amide bonds. The molecule has 0 unspecified atom stereocenters. The molecular formula is C10H17ClF3N3. The van der Waals surface area contributed by atoms with Crippen LogP contribution in [0.1, 0.15) is 31.2 Å². The van der Waals surface area contributed by atoms with Gasteiger partial charge in [0.05, 0.1) is 5.69 Å². The van der Waals surface area contributed by atoms with E-state index >= 15 is 0 Å². The van der Waals surface area contributed by atoms with Gasteiger partial charge in [0, 0.05) is 13.6 Å². The minimum atomic E-state index is -4.33. The SMILES string of the molecule is CCCCNCc1cc(C(F)(F)F)n(C)n1.Cl. The Bertz CT molecular complexity index is 336. The van der Waals surface area contributed by atoms with E-state index < -0.39 is 11.9 Å². The molecule has 1 aromatic heterocycles. The summed E-state index contributed by atoms with van der Waals surface area (Å²) in [5.74, 6) is 0.